The first-order chi connectivity index (χ1) is 24.7. The van der Waals surface area contributed by atoms with Gasteiger partial charge in [-0.1, -0.05) is 121 Å². The van der Waals surface area contributed by atoms with Crippen molar-refractivity contribution in [3.05, 3.63) is 144 Å². The van der Waals surface area contributed by atoms with Crippen molar-refractivity contribution in [2.24, 2.45) is 0 Å². The zero-order valence-electron chi connectivity index (χ0n) is 29.5. The number of benzene rings is 4. The first-order valence-corrected chi connectivity index (χ1v) is 17.6. The average Bonchev–Trinajstić information content (AvgIpc) is 3.53. The fraction of sp³-hybridized carbons (Fsp3) is 0.381. The number of carbonyl (C=O) groups excluding carboxylic acids is 2. The van der Waals surface area contributed by atoms with Crippen LogP contribution in [-0.2, 0) is 59.6 Å². The number of carbonyl (C=O) groups is 2. The molecule has 1 amide bonds. The molecule has 2 unspecified atom stereocenters. The van der Waals surface area contributed by atoms with Gasteiger partial charge in [0.2, 0.25) is 0 Å². The quantitative estimate of drug-likeness (QED) is 0.135. The Kier molecular flexibility index (Phi) is 12.2. The van der Waals surface area contributed by atoms with E-state index in [1.54, 1.807) is 20.8 Å². The number of fused-ring (bicyclic) bond motifs is 1. The summed E-state index contributed by atoms with van der Waals surface area (Å²) in [6.45, 7) is 6.59. The molecular weight excluding hydrogens is 646 g/mol. The Balaban J connectivity index is 1.33. The topological polar surface area (TPSA) is 92.8 Å². The van der Waals surface area contributed by atoms with Gasteiger partial charge in [-0.3, -0.25) is 4.90 Å². The van der Waals surface area contributed by atoms with E-state index in [0.29, 0.717) is 6.61 Å². The van der Waals surface area contributed by atoms with Crippen LogP contribution in [0.25, 0.3) is 0 Å². The normalized spacial score (nSPS) is 23.0. The van der Waals surface area contributed by atoms with Crippen LogP contribution in [0.3, 0.4) is 0 Å². The van der Waals surface area contributed by atoms with Crippen LogP contribution in [0.2, 0.25) is 0 Å². The van der Waals surface area contributed by atoms with Gasteiger partial charge in [0.1, 0.15) is 36.6 Å². The summed E-state index contributed by atoms with van der Waals surface area (Å²) in [6.07, 6.45) is -2.99. The second-order valence-electron chi connectivity index (χ2n) is 14.0. The van der Waals surface area contributed by atoms with Crippen molar-refractivity contribution >= 4 is 12.1 Å². The first kappa shape index (κ1) is 36.3. The monoisotopic (exact) mass is 693 g/mol. The molecule has 6 rings (SSSR count). The molecular formula is C42H47NO8. The van der Waals surface area contributed by atoms with Gasteiger partial charge in [0.15, 0.2) is 0 Å². The Labute approximate surface area is 300 Å². The SMILES string of the molecule is CC(C)(C)OC(=O)N1C2[C@@H](OCc3ccccc3)[C@H](OCc3ccccc3)C(COCc3ccccc3)O[C@@H]2C[C@H]1C(=O)OCc1ccccc1. The van der Waals surface area contributed by atoms with Crippen molar-refractivity contribution in [2.75, 3.05) is 6.61 Å². The maximum atomic E-state index is 14.1. The minimum Gasteiger partial charge on any atom is -0.459 e. The third kappa shape index (κ3) is 9.83. The number of amides is 1. The summed E-state index contributed by atoms with van der Waals surface area (Å²) in [6, 6.07) is 37.4. The van der Waals surface area contributed by atoms with Crippen LogP contribution in [0.1, 0.15) is 49.4 Å². The molecule has 2 saturated heterocycles. The molecule has 2 aliphatic heterocycles. The summed E-state index contributed by atoms with van der Waals surface area (Å²) in [5, 5.41) is 0. The fourth-order valence-corrected chi connectivity index (χ4v) is 6.60. The van der Waals surface area contributed by atoms with Crippen molar-refractivity contribution in [3.63, 3.8) is 0 Å². The van der Waals surface area contributed by atoms with E-state index in [1.165, 1.54) is 4.90 Å². The number of esters is 1. The van der Waals surface area contributed by atoms with E-state index in [9.17, 15) is 9.59 Å². The number of hydrogen-bond acceptors (Lipinski definition) is 8. The van der Waals surface area contributed by atoms with Gasteiger partial charge in [0.25, 0.3) is 0 Å². The molecule has 0 aliphatic carbocycles. The van der Waals surface area contributed by atoms with E-state index in [4.69, 9.17) is 28.4 Å². The molecule has 6 atom stereocenters. The van der Waals surface area contributed by atoms with Crippen LogP contribution in [0, 0.1) is 0 Å². The minimum absolute atomic E-state index is 0.0707. The molecule has 4 aromatic carbocycles. The molecule has 0 aromatic heterocycles. The second-order valence-corrected chi connectivity index (χ2v) is 14.0. The Morgan fingerprint density at radius 2 is 1.14 bits per heavy atom. The lowest BCUT2D eigenvalue weighted by molar-refractivity contribution is -0.234. The van der Waals surface area contributed by atoms with E-state index in [2.05, 4.69) is 0 Å². The molecule has 0 saturated carbocycles. The standard InChI is InChI=1S/C42H47NO8/c1-42(2,3)51-41(45)43-34(40(44)49-28-33-22-14-7-15-23-33)24-35-37(43)39(48-27-32-20-12-6-13-21-32)38(47-26-31-18-10-5-11-19-31)36(50-35)29-46-25-30-16-8-4-9-17-30/h4-23,34-39H,24-29H2,1-3H3/t34-,35+,36?,37?,38+,39+/m0/s1. The maximum Gasteiger partial charge on any atom is 0.411 e. The smallest absolute Gasteiger partial charge is 0.411 e. The molecule has 9 heteroatoms. The van der Waals surface area contributed by atoms with E-state index < -0.39 is 54.2 Å². The highest BCUT2D eigenvalue weighted by atomic mass is 16.6. The van der Waals surface area contributed by atoms with Gasteiger partial charge in [-0.25, -0.2) is 9.59 Å². The molecule has 9 nitrogen and oxygen atoms in total. The summed E-state index contributed by atoms with van der Waals surface area (Å²) < 4.78 is 38.3. The number of nitrogens with zero attached hydrogens (tertiary/aromatic N) is 1. The van der Waals surface area contributed by atoms with Gasteiger partial charge in [-0.2, -0.15) is 0 Å². The minimum atomic E-state index is -0.972. The van der Waals surface area contributed by atoms with E-state index in [-0.39, 0.29) is 32.8 Å². The first-order valence-electron chi connectivity index (χ1n) is 17.6. The van der Waals surface area contributed by atoms with Crippen LogP contribution in [0.4, 0.5) is 4.79 Å². The van der Waals surface area contributed by atoms with Gasteiger partial charge in [-0.05, 0) is 43.0 Å². The molecule has 0 bridgehead atoms. The van der Waals surface area contributed by atoms with E-state index in [0.717, 1.165) is 22.3 Å². The van der Waals surface area contributed by atoms with Crippen LogP contribution in [0.15, 0.2) is 121 Å². The Morgan fingerprint density at radius 3 is 1.65 bits per heavy atom. The fourth-order valence-electron chi connectivity index (χ4n) is 6.60. The number of likely N-dealkylation sites (tertiary alicyclic amines) is 1. The summed E-state index contributed by atoms with van der Waals surface area (Å²) in [5.74, 6) is -0.539. The zero-order chi connectivity index (χ0) is 35.6. The number of rotatable bonds is 13. The third-order valence-electron chi connectivity index (χ3n) is 8.93. The Hall–Kier alpha value is -4.54. The molecule has 2 aliphatic rings. The van der Waals surface area contributed by atoms with Gasteiger partial charge < -0.3 is 28.4 Å². The summed E-state index contributed by atoms with van der Waals surface area (Å²) in [4.78, 5) is 29.5. The molecule has 4 aromatic rings. The van der Waals surface area contributed by atoms with Crippen molar-refractivity contribution in [1.82, 2.24) is 4.90 Å². The van der Waals surface area contributed by atoms with Crippen LogP contribution in [-0.4, -0.2) is 65.7 Å². The highest BCUT2D eigenvalue weighted by Crippen LogP contribution is 2.40. The van der Waals surface area contributed by atoms with Gasteiger partial charge in [0, 0.05) is 6.42 Å². The molecule has 268 valence electrons. The molecule has 0 radical (unpaired) electrons. The van der Waals surface area contributed by atoms with E-state index >= 15 is 0 Å². The zero-order valence-corrected chi connectivity index (χ0v) is 29.5. The van der Waals surface area contributed by atoms with Crippen molar-refractivity contribution in [2.45, 2.75) is 95.7 Å². The number of ether oxygens (including phenoxy) is 6. The van der Waals surface area contributed by atoms with Gasteiger partial charge in [0.05, 0.1) is 38.6 Å². The summed E-state index contributed by atoms with van der Waals surface area (Å²) in [7, 11) is 0. The van der Waals surface area contributed by atoms with Gasteiger partial charge >= 0.3 is 12.1 Å². The highest BCUT2D eigenvalue weighted by Gasteiger charge is 2.59. The van der Waals surface area contributed by atoms with Crippen molar-refractivity contribution in [3.8, 4) is 0 Å². The van der Waals surface area contributed by atoms with Crippen LogP contribution in [0.5, 0.6) is 0 Å². The predicted octanol–water partition coefficient (Wildman–Crippen LogP) is 7.26. The third-order valence-corrected chi connectivity index (χ3v) is 8.93. The number of hydrogen-bond donors (Lipinski definition) is 0. The molecule has 2 heterocycles. The van der Waals surface area contributed by atoms with E-state index in [1.807, 2.05) is 121 Å². The van der Waals surface area contributed by atoms with Gasteiger partial charge in [-0.15, -0.1) is 0 Å². The second kappa shape index (κ2) is 17.1. The van der Waals surface area contributed by atoms with Crippen molar-refractivity contribution < 1.29 is 38.0 Å². The van der Waals surface area contributed by atoms with Crippen LogP contribution >= 0.6 is 0 Å². The largest absolute Gasteiger partial charge is 0.459 e. The Morgan fingerprint density at radius 1 is 0.667 bits per heavy atom. The molecule has 2 fully saturated rings. The molecule has 0 spiro atoms. The van der Waals surface area contributed by atoms with Crippen LogP contribution < -0.4 is 0 Å². The lowest BCUT2D eigenvalue weighted by Crippen LogP contribution is -2.64. The lowest BCUT2D eigenvalue weighted by Gasteiger charge is -2.46. The Bertz CT molecular complexity index is 1670. The summed E-state index contributed by atoms with van der Waals surface area (Å²) in [5.41, 5.74) is 2.99. The molecule has 0 N–H and O–H groups in total. The highest BCUT2D eigenvalue weighted by molar-refractivity contribution is 5.83. The maximum absolute atomic E-state index is 14.1. The lowest BCUT2D eigenvalue weighted by atomic mass is 9.92. The van der Waals surface area contributed by atoms with Crippen molar-refractivity contribution in [1.29, 1.82) is 0 Å². The predicted molar refractivity (Wildman–Crippen MR) is 191 cm³/mol. The molecule has 51 heavy (non-hydrogen) atoms. The average molecular weight is 694 g/mol. The summed E-state index contributed by atoms with van der Waals surface area (Å²) >= 11 is 0.